The fourth-order valence-corrected chi connectivity index (χ4v) is 6.88. The van der Waals surface area contributed by atoms with E-state index in [-0.39, 0.29) is 0 Å². The summed E-state index contributed by atoms with van der Waals surface area (Å²) in [6.07, 6.45) is 44.8. The van der Waals surface area contributed by atoms with E-state index in [1.807, 2.05) is 0 Å². The average molecular weight is 742 g/mol. The Balaban J connectivity index is 1.93. The van der Waals surface area contributed by atoms with E-state index < -0.39 is 0 Å². The first-order valence-corrected chi connectivity index (χ1v) is 21.5. The molecule has 0 aromatic heterocycles. The number of ether oxygens (including phenoxy) is 2. The second kappa shape index (κ2) is 34.9. The van der Waals surface area contributed by atoms with Crippen LogP contribution in [0, 0.1) is 0 Å². The monoisotopic (exact) mass is 743 g/mol. The van der Waals surface area contributed by atoms with Crippen LogP contribution in [-0.2, 0) is 0 Å². The number of hydrogen-bond acceptors (Lipinski definition) is 2. The van der Waals surface area contributed by atoms with Gasteiger partial charge in [0.2, 0.25) is 0 Å². The van der Waals surface area contributed by atoms with Crippen LogP contribution in [0.4, 0.5) is 0 Å². The summed E-state index contributed by atoms with van der Waals surface area (Å²) < 4.78 is 13.6. The molecule has 1 aromatic carbocycles. The zero-order valence-corrected chi connectivity index (χ0v) is 32.8. The van der Waals surface area contributed by atoms with Crippen molar-refractivity contribution in [3.8, 4) is 11.5 Å². The van der Waals surface area contributed by atoms with Crippen molar-refractivity contribution in [2.75, 3.05) is 13.2 Å². The molecule has 0 N–H and O–H groups in total. The molecule has 45 heavy (non-hydrogen) atoms. The minimum Gasteiger partial charge on any atom is -0.0654 e. The van der Waals surface area contributed by atoms with Crippen molar-refractivity contribution in [2.24, 2.45) is 0 Å². The van der Waals surface area contributed by atoms with Gasteiger partial charge in [0.15, 0.2) is 0 Å². The third-order valence-corrected chi connectivity index (χ3v) is 10.2. The Hall–Kier alpha value is -0.390. The van der Waals surface area contributed by atoms with E-state index in [1.54, 1.807) is 0 Å². The zero-order valence-electron chi connectivity index (χ0n) is 30.5. The Morgan fingerprint density at radius 3 is 0.933 bits per heavy atom. The molecule has 0 spiro atoms. The molecule has 3 heteroatoms. The molecule has 0 bridgehead atoms. The Bertz CT molecular complexity index is 721. The first kappa shape index (κ1) is 42.6. The second-order valence-corrected chi connectivity index (χ2v) is 15.3. The van der Waals surface area contributed by atoms with Gasteiger partial charge in [-0.2, -0.15) is 0 Å². The number of hydrogen-bond donors (Lipinski definition) is 0. The predicted molar refractivity (Wildman–Crippen MR) is 202 cm³/mol. The third-order valence-electron chi connectivity index (χ3n) is 9.43. The van der Waals surface area contributed by atoms with Gasteiger partial charge in [-0.1, -0.05) is 136 Å². The van der Waals surface area contributed by atoms with E-state index >= 15 is 0 Å². The average Bonchev–Trinajstić information content (AvgIpc) is 3.04. The summed E-state index contributed by atoms with van der Waals surface area (Å²) in [5.74, 6) is 1.87. The maximum atomic E-state index is 6.20. The van der Waals surface area contributed by atoms with Crippen molar-refractivity contribution in [3.05, 3.63) is 18.2 Å². The van der Waals surface area contributed by atoms with Crippen LogP contribution in [-0.4, -0.2) is 35.5 Å². The molecule has 1 rings (SSSR count). The van der Waals surface area contributed by atoms with Crippen molar-refractivity contribution >= 4 is 25.9 Å². The van der Waals surface area contributed by atoms with E-state index in [4.69, 9.17) is 9.47 Å². The Morgan fingerprint density at radius 2 is 0.622 bits per heavy atom. The van der Waals surface area contributed by atoms with Crippen molar-refractivity contribution in [1.29, 1.82) is 0 Å². The van der Waals surface area contributed by atoms with Gasteiger partial charge in [0.05, 0.1) is 0 Å². The molecule has 0 amide bonds. The predicted octanol–water partition coefficient (Wildman–Crippen LogP) is 13.8. The van der Waals surface area contributed by atoms with E-state index in [2.05, 4.69) is 54.3 Å². The van der Waals surface area contributed by atoms with Crippen molar-refractivity contribution in [3.63, 3.8) is 0 Å². The summed E-state index contributed by atoms with van der Waals surface area (Å²) in [6, 6.07) is 6.40. The normalized spacial score (nSPS) is 11.3. The van der Waals surface area contributed by atoms with E-state index in [1.165, 1.54) is 196 Å². The molecule has 0 aliphatic rings. The zero-order chi connectivity index (χ0) is 32.3. The minimum absolute atomic E-state index is 0.803. The molecule has 263 valence electrons. The number of unbranched alkanes of at least 4 members (excludes halogenated alkanes) is 30. The summed E-state index contributed by atoms with van der Waals surface area (Å²) in [5.41, 5.74) is 0. The third kappa shape index (κ3) is 29.5. The van der Waals surface area contributed by atoms with Crippen LogP contribution in [0.5, 0.6) is 11.5 Å². The topological polar surface area (TPSA) is 18.5 Å². The number of benzene rings is 1. The van der Waals surface area contributed by atoms with Crippen molar-refractivity contribution in [2.45, 2.75) is 219 Å². The smallest absolute Gasteiger partial charge is 0.0654 e. The quantitative estimate of drug-likeness (QED) is 0.0504. The number of rotatable bonds is 36. The van der Waals surface area contributed by atoms with Crippen LogP contribution in [0.1, 0.15) is 219 Å². The summed E-state index contributed by atoms with van der Waals surface area (Å²) in [4.78, 5) is 0. The minimum atomic E-state index is 0.803. The van der Waals surface area contributed by atoms with Crippen LogP contribution < -0.4 is 13.1 Å². The molecule has 1 radical (unpaired) electrons. The summed E-state index contributed by atoms with van der Waals surface area (Å²) in [6.45, 7) is 6.21. The molecule has 0 unspecified atom stereocenters. The van der Waals surface area contributed by atoms with Crippen molar-refractivity contribution in [1.82, 2.24) is 0 Å². The van der Waals surface area contributed by atoms with Gasteiger partial charge in [-0.15, -0.1) is 0 Å². The molecule has 0 saturated heterocycles. The standard InChI is InChI=1S/C42H77O2Te/c1-3-5-7-9-11-13-15-17-19-21-23-25-27-29-31-33-37-43-41-36-35-40(45)39-42(41)44-38-34-32-30-28-26-24-22-20-18-16-14-12-10-8-6-4-2/h35-36,39H,3-34,37-38H2,1-2H3. The van der Waals surface area contributed by atoms with E-state index in [0.29, 0.717) is 0 Å². The van der Waals surface area contributed by atoms with Gasteiger partial charge < -0.3 is 0 Å². The molecule has 0 fully saturated rings. The van der Waals surface area contributed by atoms with Crippen LogP contribution in [0.25, 0.3) is 0 Å². The molecule has 1 aromatic rings. The first-order chi connectivity index (χ1) is 22.3. The maximum absolute atomic E-state index is 6.20. The summed E-state index contributed by atoms with van der Waals surface area (Å²) in [5, 5.41) is 0. The Kier molecular flexibility index (Phi) is 33.1. The SMILES string of the molecule is CCCCCCCCCCCCCCCCCCOc1ccc([Te])cc1OCCCCCCCCCCCCCCCCCC. The van der Waals surface area contributed by atoms with Gasteiger partial charge in [-0.05, 0) is 0 Å². The van der Waals surface area contributed by atoms with Crippen LogP contribution in [0.15, 0.2) is 18.2 Å². The second-order valence-electron chi connectivity index (χ2n) is 13.9. The van der Waals surface area contributed by atoms with Gasteiger partial charge >= 0.3 is 162 Å². The van der Waals surface area contributed by atoms with Gasteiger partial charge in [-0.3, -0.25) is 0 Å². The summed E-state index contributed by atoms with van der Waals surface area (Å²) in [7, 11) is 0. The molecular formula is C42H77O2Te. The molecule has 0 saturated carbocycles. The van der Waals surface area contributed by atoms with Crippen LogP contribution in [0.2, 0.25) is 0 Å². The van der Waals surface area contributed by atoms with Gasteiger partial charge in [-0.25, -0.2) is 0 Å². The van der Waals surface area contributed by atoms with E-state index in [0.717, 1.165) is 37.6 Å². The van der Waals surface area contributed by atoms with Crippen molar-refractivity contribution < 1.29 is 9.47 Å². The fourth-order valence-electron chi connectivity index (χ4n) is 6.39. The van der Waals surface area contributed by atoms with Gasteiger partial charge in [0.25, 0.3) is 0 Å². The summed E-state index contributed by atoms with van der Waals surface area (Å²) >= 11 is 2.06. The molecule has 0 heterocycles. The van der Waals surface area contributed by atoms with E-state index in [9.17, 15) is 0 Å². The van der Waals surface area contributed by atoms with Crippen LogP contribution in [0.3, 0.4) is 0 Å². The molecule has 2 nitrogen and oxygen atoms in total. The van der Waals surface area contributed by atoms with Crippen LogP contribution >= 0.6 is 0 Å². The molecule has 0 aliphatic carbocycles. The molecular weight excluding hydrogens is 664 g/mol. The first-order valence-electron chi connectivity index (χ1n) is 20.3. The molecule has 0 atom stereocenters. The fraction of sp³-hybridized carbons (Fsp3) is 0.857. The van der Waals surface area contributed by atoms with Gasteiger partial charge in [0, 0.05) is 0 Å². The Morgan fingerprint density at radius 1 is 0.356 bits per heavy atom. The van der Waals surface area contributed by atoms with Gasteiger partial charge in [0.1, 0.15) is 0 Å². The Labute approximate surface area is 296 Å². The molecule has 0 aliphatic heterocycles.